The average Bonchev–Trinajstić information content (AvgIpc) is 3.11. The first kappa shape index (κ1) is 38.9. The number of sulfonamides is 1. The SMILES string of the molecule is COc1cccc(CN(C(=O)CN(c2cc(Cl)ccc2OC)S(=O)(=O)c2ccc(OC)c(OC)c2)[C@H](Cc2ccccc2)C(=O)NC(C)(C)C)c1. The molecule has 51 heavy (non-hydrogen) atoms. The van der Waals surface area contributed by atoms with Crippen molar-refractivity contribution in [3.8, 4) is 23.0 Å². The third-order valence-electron chi connectivity index (χ3n) is 7.89. The Morgan fingerprint density at radius 3 is 2.04 bits per heavy atom. The predicted molar refractivity (Wildman–Crippen MR) is 197 cm³/mol. The van der Waals surface area contributed by atoms with Crippen molar-refractivity contribution >= 4 is 39.1 Å². The smallest absolute Gasteiger partial charge is 0.265 e. The molecule has 0 bridgehead atoms. The van der Waals surface area contributed by atoms with Crippen LogP contribution in [0.5, 0.6) is 23.0 Å². The zero-order chi connectivity index (χ0) is 37.3. The Kier molecular flexibility index (Phi) is 12.8. The van der Waals surface area contributed by atoms with Crippen molar-refractivity contribution < 1.29 is 37.0 Å². The van der Waals surface area contributed by atoms with Gasteiger partial charge in [-0.15, -0.1) is 0 Å². The van der Waals surface area contributed by atoms with Crippen molar-refractivity contribution in [2.45, 2.75) is 50.2 Å². The number of nitrogens with zero attached hydrogens (tertiary/aromatic N) is 2. The van der Waals surface area contributed by atoms with Crippen molar-refractivity contribution in [3.05, 3.63) is 107 Å². The fraction of sp³-hybridized carbons (Fsp3) is 0.316. The Morgan fingerprint density at radius 2 is 1.41 bits per heavy atom. The molecule has 4 aromatic carbocycles. The molecule has 4 rings (SSSR count). The topological polar surface area (TPSA) is 124 Å². The summed E-state index contributed by atoms with van der Waals surface area (Å²) < 4.78 is 51.9. The van der Waals surface area contributed by atoms with Crippen LogP contribution in [-0.4, -0.2) is 71.7 Å². The lowest BCUT2D eigenvalue weighted by Crippen LogP contribution is -2.56. The fourth-order valence-electron chi connectivity index (χ4n) is 5.45. The molecule has 0 radical (unpaired) electrons. The molecule has 0 aliphatic rings. The van der Waals surface area contributed by atoms with E-state index in [1.165, 1.54) is 63.7 Å². The monoisotopic (exact) mass is 737 g/mol. The lowest BCUT2D eigenvalue weighted by molar-refractivity contribution is -0.140. The maximum absolute atomic E-state index is 14.9. The van der Waals surface area contributed by atoms with Crippen LogP contribution < -0.4 is 28.6 Å². The van der Waals surface area contributed by atoms with E-state index in [0.29, 0.717) is 17.1 Å². The number of amides is 2. The highest BCUT2D eigenvalue weighted by molar-refractivity contribution is 7.92. The number of hydrogen-bond donors (Lipinski definition) is 1. The molecule has 0 fully saturated rings. The highest BCUT2D eigenvalue weighted by atomic mass is 35.5. The molecular weight excluding hydrogens is 694 g/mol. The van der Waals surface area contributed by atoms with Crippen molar-refractivity contribution in [1.82, 2.24) is 10.2 Å². The number of nitrogens with one attached hydrogen (secondary N) is 1. The van der Waals surface area contributed by atoms with Crippen LogP contribution in [0.2, 0.25) is 5.02 Å². The van der Waals surface area contributed by atoms with E-state index in [1.54, 1.807) is 24.3 Å². The number of carbonyl (C=O) groups is 2. The van der Waals surface area contributed by atoms with Gasteiger partial charge >= 0.3 is 0 Å². The summed E-state index contributed by atoms with van der Waals surface area (Å²) in [5.41, 5.74) is 0.863. The normalized spacial score (nSPS) is 12.0. The minimum absolute atomic E-state index is 0.0215. The fourth-order valence-corrected chi connectivity index (χ4v) is 7.05. The van der Waals surface area contributed by atoms with Crippen LogP contribution in [0.15, 0.2) is 95.9 Å². The summed E-state index contributed by atoms with van der Waals surface area (Å²) in [5, 5.41) is 3.23. The molecule has 0 aliphatic carbocycles. The lowest BCUT2D eigenvalue weighted by atomic mass is 10.0. The minimum Gasteiger partial charge on any atom is -0.497 e. The molecule has 0 spiro atoms. The highest BCUT2D eigenvalue weighted by Gasteiger charge is 2.37. The van der Waals surface area contributed by atoms with Crippen LogP contribution in [0, 0.1) is 0 Å². The first-order valence-corrected chi connectivity index (χ1v) is 17.9. The highest BCUT2D eigenvalue weighted by Crippen LogP contribution is 2.37. The molecular formula is C38H44ClN3O8S. The van der Waals surface area contributed by atoms with Crippen LogP contribution in [0.1, 0.15) is 31.9 Å². The molecule has 4 aromatic rings. The average molecular weight is 738 g/mol. The molecule has 2 amide bonds. The van der Waals surface area contributed by atoms with Gasteiger partial charge in [0, 0.05) is 29.6 Å². The number of benzene rings is 4. The number of rotatable bonds is 15. The number of carbonyl (C=O) groups excluding carboxylic acids is 2. The number of methoxy groups -OCH3 is 4. The van der Waals surface area contributed by atoms with Crippen molar-refractivity contribution in [1.29, 1.82) is 0 Å². The molecule has 0 saturated heterocycles. The first-order valence-electron chi connectivity index (χ1n) is 16.1. The Hall–Kier alpha value is -4.94. The van der Waals surface area contributed by atoms with E-state index in [0.717, 1.165) is 9.87 Å². The van der Waals surface area contributed by atoms with Crippen molar-refractivity contribution in [3.63, 3.8) is 0 Å². The van der Waals surface area contributed by atoms with Gasteiger partial charge < -0.3 is 29.2 Å². The molecule has 1 atom stereocenters. The van der Waals surface area contributed by atoms with Crippen LogP contribution >= 0.6 is 11.6 Å². The van der Waals surface area contributed by atoms with Gasteiger partial charge in [0.05, 0.1) is 39.0 Å². The Labute approximate surface area is 305 Å². The Bertz CT molecular complexity index is 1930. The lowest BCUT2D eigenvalue weighted by Gasteiger charge is -2.35. The van der Waals surface area contributed by atoms with Gasteiger partial charge in [0.15, 0.2) is 11.5 Å². The molecule has 0 aromatic heterocycles. The van der Waals surface area contributed by atoms with Gasteiger partial charge in [0.1, 0.15) is 24.1 Å². The maximum atomic E-state index is 14.9. The van der Waals surface area contributed by atoms with Gasteiger partial charge in [-0.1, -0.05) is 54.1 Å². The molecule has 11 nitrogen and oxygen atoms in total. The Morgan fingerprint density at radius 1 is 0.765 bits per heavy atom. The first-order chi connectivity index (χ1) is 24.2. The number of anilines is 1. The van der Waals surface area contributed by atoms with E-state index in [-0.39, 0.29) is 40.1 Å². The van der Waals surface area contributed by atoms with Crippen molar-refractivity contribution in [2.24, 2.45) is 0 Å². The molecule has 1 N–H and O–H groups in total. The second-order valence-electron chi connectivity index (χ2n) is 12.7. The molecule has 0 heterocycles. The molecule has 0 aliphatic heterocycles. The molecule has 13 heteroatoms. The number of halogens is 1. The van der Waals surface area contributed by atoms with Crippen LogP contribution in [-0.2, 0) is 32.6 Å². The second-order valence-corrected chi connectivity index (χ2v) is 15.0. The third-order valence-corrected chi connectivity index (χ3v) is 9.88. The number of hydrogen-bond acceptors (Lipinski definition) is 8. The van der Waals surface area contributed by atoms with Crippen LogP contribution in [0.3, 0.4) is 0 Å². The van der Waals surface area contributed by atoms with E-state index < -0.39 is 40.0 Å². The summed E-state index contributed by atoms with van der Waals surface area (Å²) in [6.45, 7) is 4.79. The van der Waals surface area contributed by atoms with E-state index in [9.17, 15) is 18.0 Å². The zero-order valence-corrected chi connectivity index (χ0v) is 31.4. The zero-order valence-electron chi connectivity index (χ0n) is 29.8. The third kappa shape index (κ3) is 9.86. The summed E-state index contributed by atoms with van der Waals surface area (Å²) >= 11 is 6.41. The minimum atomic E-state index is -4.52. The summed E-state index contributed by atoms with van der Waals surface area (Å²) in [6, 6.07) is 24.0. The van der Waals surface area contributed by atoms with E-state index >= 15 is 0 Å². The van der Waals surface area contributed by atoms with Gasteiger partial charge in [0.25, 0.3) is 10.0 Å². The molecule has 0 unspecified atom stereocenters. The van der Waals surface area contributed by atoms with E-state index in [4.69, 9.17) is 30.5 Å². The quantitative estimate of drug-likeness (QED) is 0.155. The largest absolute Gasteiger partial charge is 0.497 e. The van der Waals surface area contributed by atoms with Crippen LogP contribution in [0.4, 0.5) is 5.69 Å². The van der Waals surface area contributed by atoms with Gasteiger partial charge in [0.2, 0.25) is 11.8 Å². The summed E-state index contributed by atoms with van der Waals surface area (Å²) in [5.74, 6) is 0.134. The maximum Gasteiger partial charge on any atom is 0.265 e. The predicted octanol–water partition coefficient (Wildman–Crippen LogP) is 6.12. The van der Waals surface area contributed by atoms with Gasteiger partial charge in [-0.05, 0) is 74.4 Å². The molecule has 272 valence electrons. The van der Waals surface area contributed by atoms with Gasteiger partial charge in [-0.2, -0.15) is 0 Å². The summed E-state index contributed by atoms with van der Waals surface area (Å²) in [4.78, 5) is 30.2. The van der Waals surface area contributed by atoms with Gasteiger partial charge in [-0.25, -0.2) is 8.42 Å². The van der Waals surface area contributed by atoms with Gasteiger partial charge in [-0.3, -0.25) is 13.9 Å². The van der Waals surface area contributed by atoms with Crippen LogP contribution in [0.25, 0.3) is 0 Å². The number of ether oxygens (including phenoxy) is 4. The Balaban J connectivity index is 1.91. The second kappa shape index (κ2) is 16.8. The molecule has 0 saturated carbocycles. The summed E-state index contributed by atoms with van der Waals surface area (Å²) in [6.07, 6.45) is 0.154. The standard InChI is InChI=1S/C38H44ClN3O8S/c1-38(2,3)40-37(44)32(21-26-12-9-8-10-13-26)41(24-27-14-11-15-29(20-27)47-4)36(43)25-42(31-22-28(39)16-18-33(31)48-5)51(45,46)30-17-19-34(49-6)35(23-30)50-7/h8-20,22-23,32H,21,24-25H2,1-7H3,(H,40,44)/t32-/m1/s1. The van der Waals surface area contributed by atoms with Crippen molar-refractivity contribution in [2.75, 3.05) is 39.3 Å². The van der Waals surface area contributed by atoms with E-state index in [2.05, 4.69) is 5.32 Å². The van der Waals surface area contributed by atoms with E-state index in [1.807, 2.05) is 57.2 Å². The summed E-state index contributed by atoms with van der Waals surface area (Å²) in [7, 11) is 1.23.